The molecule has 7 nitrogen and oxygen atoms in total. The first-order valence-corrected chi connectivity index (χ1v) is 11.0. The van der Waals surface area contributed by atoms with Crippen LogP contribution in [0, 0.1) is 0 Å². The second-order valence-corrected chi connectivity index (χ2v) is 7.85. The fourth-order valence-corrected chi connectivity index (χ4v) is 4.08. The molecule has 31 heavy (non-hydrogen) atoms. The van der Waals surface area contributed by atoms with E-state index in [1.165, 1.54) is 0 Å². The topological polar surface area (TPSA) is 71.1 Å². The van der Waals surface area contributed by atoms with Gasteiger partial charge in [-0.3, -0.25) is 9.59 Å². The first-order chi connectivity index (χ1) is 15.1. The lowest BCUT2D eigenvalue weighted by molar-refractivity contribution is -0.139. The smallest absolute Gasteiger partial charge is 0.265 e. The third-order valence-electron chi connectivity index (χ3n) is 5.59. The molecule has 4 rings (SSSR count). The minimum Gasteiger partial charge on any atom is -0.494 e. The van der Waals surface area contributed by atoms with E-state index >= 15 is 0 Å². The number of nitrogens with zero attached hydrogens (tertiary/aromatic N) is 2. The number of amides is 2. The predicted molar refractivity (Wildman–Crippen MR) is 120 cm³/mol. The number of fused-ring (bicyclic) bond motifs is 1. The van der Waals surface area contributed by atoms with E-state index in [4.69, 9.17) is 9.47 Å². The highest BCUT2D eigenvalue weighted by Gasteiger charge is 2.34. The second-order valence-electron chi connectivity index (χ2n) is 7.85. The molecule has 0 radical (unpaired) electrons. The fraction of sp³-hybridized carbons (Fsp3) is 0.417. The van der Waals surface area contributed by atoms with Gasteiger partial charge in [0.2, 0.25) is 5.91 Å². The summed E-state index contributed by atoms with van der Waals surface area (Å²) in [5, 5.41) is 2.92. The number of piperidine rings is 1. The van der Waals surface area contributed by atoms with Crippen molar-refractivity contribution in [2.24, 2.45) is 0 Å². The molecule has 164 valence electrons. The SMILES string of the molecule is CCOc1ccc(NC(=O)CN2C[C@@H](C(=O)N3CCCCC3)Oc3ccccc32)cc1. The van der Waals surface area contributed by atoms with Crippen molar-refractivity contribution in [3.05, 3.63) is 48.5 Å². The van der Waals surface area contributed by atoms with Crippen molar-refractivity contribution in [1.29, 1.82) is 0 Å². The molecule has 2 heterocycles. The van der Waals surface area contributed by atoms with Crippen LogP contribution < -0.4 is 19.7 Å². The standard InChI is InChI=1S/C24H29N3O4/c1-2-30-19-12-10-18(11-13-19)25-23(28)17-27-16-22(24(29)26-14-6-3-7-15-26)31-21-9-5-4-8-20(21)27/h4-5,8-13,22H,2-3,6-7,14-17H2,1H3,(H,25,28)/t22-/m0/s1. The molecular weight excluding hydrogens is 394 g/mol. The number of likely N-dealkylation sites (tertiary alicyclic amines) is 1. The number of rotatable bonds is 6. The summed E-state index contributed by atoms with van der Waals surface area (Å²) in [4.78, 5) is 29.6. The van der Waals surface area contributed by atoms with E-state index in [2.05, 4.69) is 5.32 Å². The highest BCUT2D eigenvalue weighted by atomic mass is 16.5. The molecule has 0 bridgehead atoms. The second kappa shape index (κ2) is 9.73. The Morgan fingerprint density at radius 2 is 1.81 bits per heavy atom. The lowest BCUT2D eigenvalue weighted by Gasteiger charge is -2.38. The predicted octanol–water partition coefficient (Wildman–Crippen LogP) is 3.30. The molecule has 0 spiro atoms. The van der Waals surface area contributed by atoms with Crippen molar-refractivity contribution < 1.29 is 19.1 Å². The van der Waals surface area contributed by atoms with Crippen LogP contribution in [-0.4, -0.2) is 55.6 Å². The maximum atomic E-state index is 13.0. The number of benzene rings is 2. The Balaban J connectivity index is 1.44. The van der Waals surface area contributed by atoms with Gasteiger partial charge in [-0.2, -0.15) is 0 Å². The van der Waals surface area contributed by atoms with E-state index < -0.39 is 6.10 Å². The van der Waals surface area contributed by atoms with Gasteiger partial charge in [-0.25, -0.2) is 0 Å². The van der Waals surface area contributed by atoms with Crippen LogP contribution in [0.2, 0.25) is 0 Å². The lowest BCUT2D eigenvalue weighted by atomic mass is 10.1. The highest BCUT2D eigenvalue weighted by molar-refractivity contribution is 5.95. The summed E-state index contributed by atoms with van der Waals surface area (Å²) in [6.07, 6.45) is 2.62. The minimum absolute atomic E-state index is 0.00567. The number of nitrogens with one attached hydrogen (secondary N) is 1. The van der Waals surface area contributed by atoms with E-state index in [9.17, 15) is 9.59 Å². The minimum atomic E-state index is -0.605. The summed E-state index contributed by atoms with van der Waals surface area (Å²) < 4.78 is 11.5. The van der Waals surface area contributed by atoms with Gasteiger partial charge < -0.3 is 24.6 Å². The molecule has 0 unspecified atom stereocenters. The molecule has 0 saturated carbocycles. The Labute approximate surface area is 182 Å². The third-order valence-corrected chi connectivity index (χ3v) is 5.59. The lowest BCUT2D eigenvalue weighted by Crippen LogP contribution is -2.52. The maximum Gasteiger partial charge on any atom is 0.265 e. The molecule has 2 aromatic rings. The van der Waals surface area contributed by atoms with Crippen LogP contribution in [0.1, 0.15) is 26.2 Å². The molecule has 2 aromatic carbocycles. The quantitative estimate of drug-likeness (QED) is 0.772. The first-order valence-electron chi connectivity index (χ1n) is 11.0. The Morgan fingerprint density at radius 3 is 2.55 bits per heavy atom. The molecule has 7 heteroatoms. The molecule has 2 amide bonds. The fourth-order valence-electron chi connectivity index (χ4n) is 4.08. The molecule has 1 saturated heterocycles. The summed E-state index contributed by atoms with van der Waals surface area (Å²) in [7, 11) is 0. The van der Waals surface area contributed by atoms with Crippen LogP contribution in [0.25, 0.3) is 0 Å². The molecular formula is C24H29N3O4. The van der Waals surface area contributed by atoms with E-state index in [1.807, 2.05) is 65.3 Å². The summed E-state index contributed by atoms with van der Waals surface area (Å²) in [6.45, 7) is 4.57. The molecule has 2 aliphatic heterocycles. The summed E-state index contributed by atoms with van der Waals surface area (Å²) >= 11 is 0. The van der Waals surface area contributed by atoms with Crippen molar-refractivity contribution >= 4 is 23.2 Å². The molecule has 2 aliphatic rings. The molecule has 0 aliphatic carbocycles. The Hall–Kier alpha value is -3.22. The van der Waals surface area contributed by atoms with Crippen LogP contribution in [0.4, 0.5) is 11.4 Å². The monoisotopic (exact) mass is 423 g/mol. The number of carbonyl (C=O) groups excluding carboxylic acids is 2. The zero-order valence-corrected chi connectivity index (χ0v) is 17.9. The Morgan fingerprint density at radius 1 is 1.06 bits per heavy atom. The van der Waals surface area contributed by atoms with Gasteiger partial charge in [0.1, 0.15) is 11.5 Å². The van der Waals surface area contributed by atoms with Crippen molar-refractivity contribution in [3.63, 3.8) is 0 Å². The van der Waals surface area contributed by atoms with Gasteiger partial charge in [-0.15, -0.1) is 0 Å². The van der Waals surface area contributed by atoms with Gasteiger partial charge in [-0.1, -0.05) is 12.1 Å². The van der Waals surface area contributed by atoms with Crippen molar-refractivity contribution in [2.45, 2.75) is 32.3 Å². The number of carbonyl (C=O) groups is 2. The van der Waals surface area contributed by atoms with Crippen LogP contribution in [-0.2, 0) is 9.59 Å². The summed E-state index contributed by atoms with van der Waals surface area (Å²) in [6, 6.07) is 14.9. The van der Waals surface area contributed by atoms with Crippen molar-refractivity contribution in [1.82, 2.24) is 4.90 Å². The van der Waals surface area contributed by atoms with Gasteiger partial charge in [0.25, 0.3) is 5.91 Å². The normalized spacial score (nSPS) is 18.0. The van der Waals surface area contributed by atoms with Crippen LogP contribution in [0.3, 0.4) is 0 Å². The zero-order valence-electron chi connectivity index (χ0n) is 17.9. The average molecular weight is 424 g/mol. The van der Waals surface area contributed by atoms with Crippen molar-refractivity contribution in [3.8, 4) is 11.5 Å². The van der Waals surface area contributed by atoms with E-state index in [1.54, 1.807) is 0 Å². The highest BCUT2D eigenvalue weighted by Crippen LogP contribution is 2.33. The largest absolute Gasteiger partial charge is 0.494 e. The number of hydrogen-bond acceptors (Lipinski definition) is 5. The van der Waals surface area contributed by atoms with E-state index in [-0.39, 0.29) is 18.4 Å². The van der Waals surface area contributed by atoms with E-state index in [0.717, 1.165) is 43.8 Å². The summed E-state index contributed by atoms with van der Waals surface area (Å²) in [5.74, 6) is 1.26. The van der Waals surface area contributed by atoms with Crippen molar-refractivity contribution in [2.75, 3.05) is 43.0 Å². The first kappa shape index (κ1) is 21.0. The summed E-state index contributed by atoms with van der Waals surface area (Å²) in [5.41, 5.74) is 1.53. The Kier molecular flexibility index (Phi) is 6.60. The average Bonchev–Trinajstić information content (AvgIpc) is 2.80. The van der Waals surface area contributed by atoms with Crippen LogP contribution >= 0.6 is 0 Å². The van der Waals surface area contributed by atoms with Gasteiger partial charge in [0.15, 0.2) is 6.10 Å². The number of anilines is 2. The molecule has 1 atom stereocenters. The maximum absolute atomic E-state index is 13.0. The number of ether oxygens (including phenoxy) is 2. The van der Waals surface area contributed by atoms with Gasteiger partial charge in [0.05, 0.1) is 25.4 Å². The number of hydrogen-bond donors (Lipinski definition) is 1. The zero-order chi connectivity index (χ0) is 21.6. The van der Waals surface area contributed by atoms with Gasteiger partial charge in [-0.05, 0) is 62.6 Å². The third kappa shape index (κ3) is 5.10. The van der Waals surface area contributed by atoms with Crippen LogP contribution in [0.15, 0.2) is 48.5 Å². The number of para-hydroxylation sites is 2. The Bertz CT molecular complexity index is 909. The molecule has 1 N–H and O–H groups in total. The van der Waals surface area contributed by atoms with Gasteiger partial charge >= 0.3 is 0 Å². The molecule has 0 aromatic heterocycles. The molecule has 1 fully saturated rings. The van der Waals surface area contributed by atoms with Crippen LogP contribution in [0.5, 0.6) is 11.5 Å². The van der Waals surface area contributed by atoms with E-state index in [0.29, 0.717) is 24.6 Å². The van der Waals surface area contributed by atoms with Gasteiger partial charge in [0, 0.05) is 18.8 Å².